The summed E-state index contributed by atoms with van der Waals surface area (Å²) in [5.74, 6) is -0.233. The predicted octanol–water partition coefficient (Wildman–Crippen LogP) is 2.15. The standard InChI is InChI=1S/C20H22N4O5S/c1-28-16-6-5-13(10-15(16)25)19(20(27)29-2)21-11-18(26)23-17-7-8-22-24(17)12-14-4-3-9-30-14/h3-10,19,21,25H,11-12H2,1-2H3,(H,23,26)/t19-/m0/s1. The molecule has 0 aliphatic rings. The number of phenols is 1. The Balaban J connectivity index is 1.65. The van der Waals surface area contributed by atoms with Crippen LogP contribution < -0.4 is 15.4 Å². The van der Waals surface area contributed by atoms with Gasteiger partial charge in [-0.1, -0.05) is 12.1 Å². The van der Waals surface area contributed by atoms with E-state index in [2.05, 4.69) is 15.7 Å². The number of amides is 1. The highest BCUT2D eigenvalue weighted by Gasteiger charge is 2.23. The van der Waals surface area contributed by atoms with E-state index in [1.165, 1.54) is 26.4 Å². The fourth-order valence-electron chi connectivity index (χ4n) is 2.84. The van der Waals surface area contributed by atoms with E-state index < -0.39 is 12.0 Å². The quantitative estimate of drug-likeness (QED) is 0.446. The molecule has 1 atom stereocenters. The number of esters is 1. The Morgan fingerprint density at radius 2 is 2.10 bits per heavy atom. The first-order valence-electron chi connectivity index (χ1n) is 9.04. The first kappa shape index (κ1) is 21.3. The lowest BCUT2D eigenvalue weighted by atomic mass is 10.1. The molecular formula is C20H22N4O5S. The summed E-state index contributed by atoms with van der Waals surface area (Å²) >= 11 is 1.60. The van der Waals surface area contributed by atoms with Gasteiger partial charge in [0.25, 0.3) is 0 Å². The molecule has 0 saturated carbocycles. The topological polar surface area (TPSA) is 115 Å². The summed E-state index contributed by atoms with van der Waals surface area (Å²) in [5, 5.41) is 21.8. The van der Waals surface area contributed by atoms with Crippen LogP contribution in [0.3, 0.4) is 0 Å². The van der Waals surface area contributed by atoms with E-state index in [0.717, 1.165) is 4.88 Å². The molecule has 0 spiro atoms. The molecule has 158 valence electrons. The van der Waals surface area contributed by atoms with Gasteiger partial charge in [-0.2, -0.15) is 5.10 Å². The van der Waals surface area contributed by atoms with Crippen molar-refractivity contribution in [1.82, 2.24) is 15.1 Å². The minimum Gasteiger partial charge on any atom is -0.504 e. The number of methoxy groups -OCH3 is 2. The highest BCUT2D eigenvalue weighted by Crippen LogP contribution is 2.29. The Hall–Kier alpha value is -3.37. The zero-order valence-corrected chi connectivity index (χ0v) is 17.3. The summed E-state index contributed by atoms with van der Waals surface area (Å²) in [5.41, 5.74) is 0.440. The van der Waals surface area contributed by atoms with E-state index >= 15 is 0 Å². The Morgan fingerprint density at radius 3 is 2.77 bits per heavy atom. The number of thiophene rings is 1. The molecule has 0 fully saturated rings. The van der Waals surface area contributed by atoms with Crippen molar-refractivity contribution in [3.05, 3.63) is 58.4 Å². The molecule has 0 aliphatic heterocycles. The number of hydrogen-bond acceptors (Lipinski definition) is 8. The lowest BCUT2D eigenvalue weighted by Gasteiger charge is -2.17. The van der Waals surface area contributed by atoms with Crippen LogP contribution in [0.5, 0.6) is 11.5 Å². The second-order valence-corrected chi connectivity index (χ2v) is 7.30. The number of aromatic nitrogens is 2. The van der Waals surface area contributed by atoms with E-state index in [1.807, 2.05) is 17.5 Å². The largest absolute Gasteiger partial charge is 0.504 e. The smallest absolute Gasteiger partial charge is 0.327 e. The number of rotatable bonds is 9. The van der Waals surface area contributed by atoms with Crippen molar-refractivity contribution in [1.29, 1.82) is 0 Å². The van der Waals surface area contributed by atoms with E-state index in [0.29, 0.717) is 17.9 Å². The lowest BCUT2D eigenvalue weighted by Crippen LogP contribution is -2.36. The van der Waals surface area contributed by atoms with Crippen molar-refractivity contribution in [3.63, 3.8) is 0 Å². The van der Waals surface area contributed by atoms with Gasteiger partial charge in [0.2, 0.25) is 5.91 Å². The summed E-state index contributed by atoms with van der Waals surface area (Å²) in [6.07, 6.45) is 1.61. The van der Waals surface area contributed by atoms with Gasteiger partial charge in [0.1, 0.15) is 11.9 Å². The van der Waals surface area contributed by atoms with E-state index in [-0.39, 0.29) is 24.0 Å². The molecule has 0 saturated heterocycles. The number of anilines is 1. The second-order valence-electron chi connectivity index (χ2n) is 6.27. The van der Waals surface area contributed by atoms with E-state index in [9.17, 15) is 14.7 Å². The number of carbonyl (C=O) groups is 2. The van der Waals surface area contributed by atoms with Crippen molar-refractivity contribution in [2.75, 3.05) is 26.1 Å². The van der Waals surface area contributed by atoms with Crippen LogP contribution in [-0.2, 0) is 20.9 Å². The second kappa shape index (κ2) is 9.90. The number of nitrogens with one attached hydrogen (secondary N) is 2. The summed E-state index contributed by atoms with van der Waals surface area (Å²) in [6, 6.07) is 9.24. The van der Waals surface area contributed by atoms with Crippen molar-refractivity contribution in [2.45, 2.75) is 12.6 Å². The zero-order chi connectivity index (χ0) is 21.5. The van der Waals surface area contributed by atoms with Gasteiger partial charge in [0.05, 0.1) is 33.5 Å². The third-order valence-corrected chi connectivity index (χ3v) is 5.17. The van der Waals surface area contributed by atoms with Crippen LogP contribution in [0.25, 0.3) is 0 Å². The fraction of sp³-hybridized carbons (Fsp3) is 0.250. The van der Waals surface area contributed by atoms with Crippen molar-refractivity contribution in [3.8, 4) is 11.5 Å². The van der Waals surface area contributed by atoms with Crippen LogP contribution in [0.2, 0.25) is 0 Å². The minimum absolute atomic E-state index is 0.118. The first-order valence-corrected chi connectivity index (χ1v) is 9.92. The van der Waals surface area contributed by atoms with Crippen LogP contribution in [0.15, 0.2) is 48.0 Å². The molecule has 3 N–H and O–H groups in total. The molecule has 2 aromatic heterocycles. The lowest BCUT2D eigenvalue weighted by molar-refractivity contribution is -0.143. The molecule has 9 nitrogen and oxygen atoms in total. The van der Waals surface area contributed by atoms with Crippen LogP contribution in [0, 0.1) is 0 Å². The van der Waals surface area contributed by atoms with Gasteiger partial charge >= 0.3 is 5.97 Å². The van der Waals surface area contributed by atoms with Crippen LogP contribution >= 0.6 is 11.3 Å². The van der Waals surface area contributed by atoms with E-state index in [1.54, 1.807) is 34.3 Å². The molecule has 1 aromatic carbocycles. The van der Waals surface area contributed by atoms with E-state index in [4.69, 9.17) is 9.47 Å². The van der Waals surface area contributed by atoms with Crippen molar-refractivity contribution < 1.29 is 24.2 Å². The van der Waals surface area contributed by atoms with Gasteiger partial charge in [-0.25, -0.2) is 9.48 Å². The molecule has 3 rings (SSSR count). The average Bonchev–Trinajstić information content (AvgIpc) is 3.41. The van der Waals surface area contributed by atoms with Gasteiger partial charge in [0, 0.05) is 10.9 Å². The molecule has 30 heavy (non-hydrogen) atoms. The summed E-state index contributed by atoms with van der Waals surface area (Å²) in [6.45, 7) is 0.389. The van der Waals surface area contributed by atoms with Gasteiger partial charge in [0.15, 0.2) is 11.5 Å². The molecule has 0 bridgehead atoms. The summed E-state index contributed by atoms with van der Waals surface area (Å²) in [4.78, 5) is 25.8. The molecular weight excluding hydrogens is 408 g/mol. The van der Waals surface area contributed by atoms with Crippen LogP contribution in [-0.4, -0.2) is 47.5 Å². The maximum absolute atomic E-state index is 12.4. The molecule has 3 aromatic rings. The number of carbonyl (C=O) groups excluding carboxylic acids is 2. The third kappa shape index (κ3) is 5.16. The average molecular weight is 430 g/mol. The molecule has 1 amide bonds. The molecule has 0 aliphatic carbocycles. The first-order chi connectivity index (χ1) is 14.5. The van der Waals surface area contributed by atoms with Gasteiger partial charge in [-0.3, -0.25) is 10.1 Å². The minimum atomic E-state index is -0.936. The number of benzene rings is 1. The van der Waals surface area contributed by atoms with Gasteiger partial charge in [-0.05, 0) is 29.1 Å². The number of hydrogen-bond donors (Lipinski definition) is 3. The Labute approximate surface area is 177 Å². The van der Waals surface area contributed by atoms with Crippen LogP contribution in [0.4, 0.5) is 5.82 Å². The van der Waals surface area contributed by atoms with Crippen LogP contribution in [0.1, 0.15) is 16.5 Å². The fourth-order valence-corrected chi connectivity index (χ4v) is 3.52. The monoisotopic (exact) mass is 430 g/mol. The van der Waals surface area contributed by atoms with Gasteiger partial charge < -0.3 is 19.9 Å². The Kier molecular flexibility index (Phi) is 7.04. The number of aromatic hydroxyl groups is 1. The van der Waals surface area contributed by atoms with Gasteiger partial charge in [-0.15, -0.1) is 11.3 Å². The Morgan fingerprint density at radius 1 is 1.27 bits per heavy atom. The molecule has 0 radical (unpaired) electrons. The van der Waals surface area contributed by atoms with Crippen molar-refractivity contribution >= 4 is 29.0 Å². The third-order valence-electron chi connectivity index (χ3n) is 4.31. The maximum atomic E-state index is 12.4. The number of nitrogens with zero attached hydrogens (tertiary/aromatic N) is 2. The zero-order valence-electron chi connectivity index (χ0n) is 16.5. The molecule has 2 heterocycles. The number of ether oxygens (including phenoxy) is 2. The Bertz CT molecular complexity index is 1000. The SMILES string of the molecule is COC(=O)[C@@H](NCC(=O)Nc1ccnn1Cc1cccs1)c1ccc(OC)c(O)c1. The summed E-state index contributed by atoms with van der Waals surface area (Å²) < 4.78 is 11.5. The highest BCUT2D eigenvalue weighted by atomic mass is 32.1. The predicted molar refractivity (Wildman–Crippen MR) is 112 cm³/mol. The normalized spacial score (nSPS) is 11.7. The summed E-state index contributed by atoms with van der Waals surface area (Å²) in [7, 11) is 2.68. The van der Waals surface area contributed by atoms with Crippen molar-refractivity contribution in [2.24, 2.45) is 0 Å². The molecule has 0 unspecified atom stereocenters. The number of phenolic OH excluding ortho intramolecular Hbond substituents is 1. The maximum Gasteiger partial charge on any atom is 0.327 e. The molecule has 10 heteroatoms. The highest BCUT2D eigenvalue weighted by molar-refractivity contribution is 7.09.